The second-order valence-corrected chi connectivity index (χ2v) is 7.99. The van der Waals surface area contributed by atoms with Crippen LogP contribution in [0.2, 0.25) is 0 Å². The minimum Gasteiger partial charge on any atom is -0.356 e. The molecule has 2 saturated heterocycles. The molecule has 0 amide bonds. The molecule has 4 heteroatoms. The van der Waals surface area contributed by atoms with Crippen LogP contribution in [0, 0.1) is 0 Å². The molecule has 5 rings (SSSR count). The standard InChI is InChI=1S/C23H26N4/c1-26(23-21-9-5-6-10-22(21)24-16-25-23)20-13-18-11-12-19(14-20)27(18)15-17-7-3-2-4-8-17/h2-10,16,18-20H,11-15H2,1H3. The Labute approximate surface area is 160 Å². The molecule has 2 aliphatic rings. The van der Waals surface area contributed by atoms with Crippen molar-refractivity contribution in [3.8, 4) is 0 Å². The van der Waals surface area contributed by atoms with E-state index in [1.807, 2.05) is 6.07 Å². The van der Waals surface area contributed by atoms with Crippen LogP contribution in [0.15, 0.2) is 60.9 Å². The van der Waals surface area contributed by atoms with Gasteiger partial charge in [-0.25, -0.2) is 9.97 Å². The van der Waals surface area contributed by atoms with E-state index >= 15 is 0 Å². The fraction of sp³-hybridized carbons (Fsp3) is 0.391. The molecule has 3 heterocycles. The summed E-state index contributed by atoms with van der Waals surface area (Å²) in [5.74, 6) is 1.07. The first-order chi connectivity index (χ1) is 13.3. The quantitative estimate of drug-likeness (QED) is 0.697. The average molecular weight is 358 g/mol. The fourth-order valence-corrected chi connectivity index (χ4v) is 5.06. The monoisotopic (exact) mass is 358 g/mol. The summed E-state index contributed by atoms with van der Waals surface area (Å²) in [6.45, 7) is 1.09. The molecule has 4 nitrogen and oxygen atoms in total. The Bertz CT molecular complexity index is 907. The molecule has 138 valence electrons. The number of piperidine rings is 1. The van der Waals surface area contributed by atoms with Crippen LogP contribution >= 0.6 is 0 Å². The van der Waals surface area contributed by atoms with Gasteiger partial charge in [0, 0.05) is 37.1 Å². The van der Waals surface area contributed by atoms with Crippen LogP contribution in [-0.2, 0) is 6.54 Å². The Morgan fingerprint density at radius 1 is 0.926 bits per heavy atom. The van der Waals surface area contributed by atoms with Crippen molar-refractivity contribution in [1.29, 1.82) is 0 Å². The largest absolute Gasteiger partial charge is 0.356 e. The maximum absolute atomic E-state index is 4.64. The molecule has 2 unspecified atom stereocenters. The minimum absolute atomic E-state index is 0.549. The molecule has 0 spiro atoms. The van der Waals surface area contributed by atoms with Gasteiger partial charge in [0.2, 0.25) is 0 Å². The lowest BCUT2D eigenvalue weighted by atomic mass is 9.95. The topological polar surface area (TPSA) is 32.3 Å². The van der Waals surface area contributed by atoms with Gasteiger partial charge in [0.1, 0.15) is 12.1 Å². The third kappa shape index (κ3) is 3.08. The molecule has 2 aliphatic heterocycles. The van der Waals surface area contributed by atoms with Crippen molar-refractivity contribution in [2.24, 2.45) is 0 Å². The second-order valence-electron chi connectivity index (χ2n) is 7.99. The van der Waals surface area contributed by atoms with E-state index in [0.717, 1.165) is 23.3 Å². The van der Waals surface area contributed by atoms with Crippen LogP contribution < -0.4 is 4.90 Å². The first kappa shape index (κ1) is 16.7. The van der Waals surface area contributed by atoms with E-state index in [1.165, 1.54) is 31.2 Å². The molecule has 0 radical (unpaired) electrons. The first-order valence-electron chi connectivity index (χ1n) is 10.0. The molecule has 2 atom stereocenters. The fourth-order valence-electron chi connectivity index (χ4n) is 5.06. The lowest BCUT2D eigenvalue weighted by Gasteiger charge is -2.42. The summed E-state index contributed by atoms with van der Waals surface area (Å²) >= 11 is 0. The Kier molecular flexibility index (Phi) is 4.29. The highest BCUT2D eigenvalue weighted by atomic mass is 15.3. The van der Waals surface area contributed by atoms with E-state index in [0.29, 0.717) is 18.1 Å². The highest BCUT2D eigenvalue weighted by molar-refractivity contribution is 5.89. The number of fused-ring (bicyclic) bond motifs is 3. The number of para-hydroxylation sites is 1. The van der Waals surface area contributed by atoms with Gasteiger partial charge in [-0.3, -0.25) is 4.90 Å². The van der Waals surface area contributed by atoms with Gasteiger partial charge < -0.3 is 4.90 Å². The zero-order valence-electron chi connectivity index (χ0n) is 15.8. The molecule has 3 aromatic rings. The maximum atomic E-state index is 4.64. The van der Waals surface area contributed by atoms with Crippen molar-refractivity contribution in [3.05, 3.63) is 66.5 Å². The van der Waals surface area contributed by atoms with Crippen LogP contribution in [0.5, 0.6) is 0 Å². The Hall–Kier alpha value is -2.46. The maximum Gasteiger partial charge on any atom is 0.139 e. The third-order valence-corrected chi connectivity index (χ3v) is 6.47. The van der Waals surface area contributed by atoms with Gasteiger partial charge in [0.05, 0.1) is 5.52 Å². The van der Waals surface area contributed by atoms with Gasteiger partial charge in [-0.15, -0.1) is 0 Å². The molecule has 0 saturated carbocycles. The molecule has 1 aromatic heterocycles. The Balaban J connectivity index is 1.36. The van der Waals surface area contributed by atoms with E-state index in [9.17, 15) is 0 Å². The van der Waals surface area contributed by atoms with Gasteiger partial charge >= 0.3 is 0 Å². The van der Waals surface area contributed by atoms with E-state index in [1.54, 1.807) is 6.33 Å². The van der Waals surface area contributed by atoms with Crippen molar-refractivity contribution < 1.29 is 0 Å². The molecule has 27 heavy (non-hydrogen) atoms. The SMILES string of the molecule is CN(c1ncnc2ccccc12)C1CC2CCC(C1)N2Cc1ccccc1. The highest BCUT2D eigenvalue weighted by Gasteiger charge is 2.42. The van der Waals surface area contributed by atoms with Crippen LogP contribution in [0.25, 0.3) is 10.9 Å². The smallest absolute Gasteiger partial charge is 0.139 e. The summed E-state index contributed by atoms with van der Waals surface area (Å²) in [6, 6.07) is 21.2. The van der Waals surface area contributed by atoms with Crippen molar-refractivity contribution >= 4 is 16.7 Å². The lowest BCUT2D eigenvalue weighted by Crippen LogP contribution is -2.49. The van der Waals surface area contributed by atoms with E-state index in [-0.39, 0.29) is 0 Å². The van der Waals surface area contributed by atoms with Gasteiger partial charge in [0.25, 0.3) is 0 Å². The second kappa shape index (κ2) is 6.93. The van der Waals surface area contributed by atoms with Crippen molar-refractivity contribution in [2.75, 3.05) is 11.9 Å². The number of hydrogen-bond donors (Lipinski definition) is 0. The van der Waals surface area contributed by atoms with Gasteiger partial charge in [-0.1, -0.05) is 42.5 Å². The van der Waals surface area contributed by atoms with Crippen molar-refractivity contribution in [3.63, 3.8) is 0 Å². The third-order valence-electron chi connectivity index (χ3n) is 6.47. The van der Waals surface area contributed by atoms with Crippen LogP contribution in [0.1, 0.15) is 31.2 Å². The van der Waals surface area contributed by atoms with Gasteiger partial charge in [-0.2, -0.15) is 0 Å². The van der Waals surface area contributed by atoms with Crippen molar-refractivity contribution in [1.82, 2.24) is 14.9 Å². The summed E-state index contributed by atoms with van der Waals surface area (Å²) in [6.07, 6.45) is 6.79. The van der Waals surface area contributed by atoms with Crippen LogP contribution in [0.3, 0.4) is 0 Å². The number of aromatic nitrogens is 2. The number of rotatable bonds is 4. The summed E-state index contributed by atoms with van der Waals surface area (Å²) in [7, 11) is 2.21. The zero-order valence-corrected chi connectivity index (χ0v) is 15.8. The van der Waals surface area contributed by atoms with Gasteiger partial charge in [-0.05, 0) is 43.4 Å². The predicted octanol–water partition coefficient (Wildman–Crippen LogP) is 4.26. The van der Waals surface area contributed by atoms with E-state index in [2.05, 4.69) is 75.3 Å². The molecular weight excluding hydrogens is 332 g/mol. The number of hydrogen-bond acceptors (Lipinski definition) is 4. The summed E-state index contributed by atoms with van der Waals surface area (Å²) in [5.41, 5.74) is 2.46. The molecule has 2 aromatic carbocycles. The van der Waals surface area contributed by atoms with Crippen LogP contribution in [0.4, 0.5) is 5.82 Å². The summed E-state index contributed by atoms with van der Waals surface area (Å²) in [5, 5.41) is 1.15. The summed E-state index contributed by atoms with van der Waals surface area (Å²) < 4.78 is 0. The summed E-state index contributed by atoms with van der Waals surface area (Å²) in [4.78, 5) is 14.2. The van der Waals surface area contributed by atoms with E-state index in [4.69, 9.17) is 0 Å². The van der Waals surface area contributed by atoms with Crippen molar-refractivity contribution in [2.45, 2.75) is 50.4 Å². The average Bonchev–Trinajstić information content (AvgIpc) is 2.95. The minimum atomic E-state index is 0.549. The van der Waals surface area contributed by atoms with E-state index < -0.39 is 0 Å². The normalized spacial score (nSPS) is 25.0. The van der Waals surface area contributed by atoms with Gasteiger partial charge in [0.15, 0.2) is 0 Å². The Morgan fingerprint density at radius 2 is 1.63 bits per heavy atom. The lowest BCUT2D eigenvalue weighted by molar-refractivity contribution is 0.118. The number of benzene rings is 2. The Morgan fingerprint density at radius 3 is 2.41 bits per heavy atom. The number of nitrogens with zero attached hydrogens (tertiary/aromatic N) is 4. The molecule has 2 fully saturated rings. The molecule has 0 N–H and O–H groups in total. The van der Waals surface area contributed by atoms with Crippen LogP contribution in [-0.4, -0.2) is 40.0 Å². The predicted molar refractivity (Wildman–Crippen MR) is 110 cm³/mol. The zero-order chi connectivity index (χ0) is 18.2. The molecule has 2 bridgehead atoms. The molecule has 0 aliphatic carbocycles. The highest BCUT2D eigenvalue weighted by Crippen LogP contribution is 2.39. The molecular formula is C23H26N4. The first-order valence-corrected chi connectivity index (χ1v) is 10.0. The number of anilines is 1.